The summed E-state index contributed by atoms with van der Waals surface area (Å²) in [5.41, 5.74) is 4.15. The van der Waals surface area contributed by atoms with Crippen LogP contribution in [0.3, 0.4) is 0 Å². The summed E-state index contributed by atoms with van der Waals surface area (Å²) in [7, 11) is 0. The van der Waals surface area contributed by atoms with E-state index in [0.717, 1.165) is 17.9 Å². The third-order valence-corrected chi connectivity index (χ3v) is 7.02. The lowest BCUT2D eigenvalue weighted by molar-refractivity contribution is 0.194. The molecule has 4 nitrogen and oxygen atoms in total. The fourth-order valence-corrected chi connectivity index (χ4v) is 5.37. The normalized spacial score (nSPS) is 19.7. The quantitative estimate of drug-likeness (QED) is 0.739. The van der Waals surface area contributed by atoms with Crippen molar-refractivity contribution in [2.75, 3.05) is 26.2 Å². The van der Waals surface area contributed by atoms with Crippen LogP contribution in [-0.4, -0.2) is 40.9 Å². The van der Waals surface area contributed by atoms with Crippen molar-refractivity contribution in [3.63, 3.8) is 0 Å². The van der Waals surface area contributed by atoms with Crippen LogP contribution in [0.25, 0.3) is 16.3 Å². The molecule has 2 saturated heterocycles. The average molecular weight is 379 g/mol. The van der Waals surface area contributed by atoms with Crippen LogP contribution >= 0.6 is 11.3 Å². The molecule has 0 amide bonds. The van der Waals surface area contributed by atoms with Crippen LogP contribution in [0.4, 0.5) is 0 Å². The van der Waals surface area contributed by atoms with Gasteiger partial charge in [-0.15, -0.1) is 11.3 Å². The maximum absolute atomic E-state index is 4.96. The number of piperidine rings is 1. The van der Waals surface area contributed by atoms with E-state index in [2.05, 4.69) is 64.3 Å². The zero-order valence-electron chi connectivity index (χ0n) is 15.6. The summed E-state index contributed by atoms with van der Waals surface area (Å²) in [6.07, 6.45) is 6.22. The maximum Gasteiger partial charge on any atom is 0.107 e. The number of likely N-dealkylation sites (tertiary alicyclic amines) is 1. The van der Waals surface area contributed by atoms with Crippen molar-refractivity contribution in [3.05, 3.63) is 59.6 Å². The van der Waals surface area contributed by atoms with Crippen LogP contribution in [0.15, 0.2) is 54.0 Å². The molecule has 0 aliphatic carbocycles. The predicted molar refractivity (Wildman–Crippen MR) is 111 cm³/mol. The van der Waals surface area contributed by atoms with Gasteiger partial charge < -0.3 is 5.32 Å². The number of aromatic nitrogens is 2. The Kier molecular flexibility index (Phi) is 4.60. The highest BCUT2D eigenvalue weighted by molar-refractivity contribution is 7.13. The van der Waals surface area contributed by atoms with Crippen molar-refractivity contribution in [1.29, 1.82) is 0 Å². The number of hydrogen-bond acceptors (Lipinski definition) is 4. The molecule has 2 fully saturated rings. The molecule has 1 aromatic carbocycles. The fourth-order valence-electron chi connectivity index (χ4n) is 4.63. The van der Waals surface area contributed by atoms with Crippen molar-refractivity contribution < 1.29 is 0 Å². The van der Waals surface area contributed by atoms with Gasteiger partial charge in [0.25, 0.3) is 0 Å². The highest BCUT2D eigenvalue weighted by atomic mass is 32.1. The van der Waals surface area contributed by atoms with E-state index in [4.69, 9.17) is 5.10 Å². The lowest BCUT2D eigenvalue weighted by Crippen LogP contribution is -2.38. The molecule has 2 aromatic heterocycles. The molecule has 0 atom stereocenters. The second-order valence-corrected chi connectivity index (χ2v) is 8.92. The number of nitrogens with one attached hydrogen (secondary N) is 1. The second-order valence-electron chi connectivity index (χ2n) is 7.97. The highest BCUT2D eigenvalue weighted by Gasteiger charge is 2.38. The molecular weight excluding hydrogens is 352 g/mol. The Morgan fingerprint density at radius 1 is 1.04 bits per heavy atom. The monoisotopic (exact) mass is 378 g/mol. The summed E-state index contributed by atoms with van der Waals surface area (Å²) in [5.74, 6) is 0. The minimum Gasteiger partial charge on any atom is -0.317 e. The number of thiophene rings is 1. The van der Waals surface area contributed by atoms with Gasteiger partial charge in [-0.05, 0) is 67.9 Å². The molecule has 0 unspecified atom stereocenters. The molecule has 0 saturated carbocycles. The molecule has 2 aliphatic heterocycles. The Morgan fingerprint density at radius 2 is 1.89 bits per heavy atom. The summed E-state index contributed by atoms with van der Waals surface area (Å²) < 4.78 is 2.04. The van der Waals surface area contributed by atoms with Crippen molar-refractivity contribution in [3.8, 4) is 16.3 Å². The molecule has 0 bridgehead atoms. The molecule has 2 aliphatic rings. The minimum atomic E-state index is 0.545. The van der Waals surface area contributed by atoms with E-state index in [1.165, 1.54) is 55.9 Å². The summed E-state index contributed by atoms with van der Waals surface area (Å²) in [6.45, 7) is 5.80. The number of hydrogen-bond donors (Lipinski definition) is 1. The first-order chi connectivity index (χ1) is 13.3. The van der Waals surface area contributed by atoms with Gasteiger partial charge in [-0.2, -0.15) is 5.10 Å². The van der Waals surface area contributed by atoms with Crippen molar-refractivity contribution in [2.45, 2.75) is 25.8 Å². The molecule has 1 spiro atoms. The predicted octanol–water partition coefficient (Wildman–Crippen LogP) is 4.18. The molecule has 5 rings (SSSR count). The average Bonchev–Trinajstić information content (AvgIpc) is 3.44. The zero-order valence-corrected chi connectivity index (χ0v) is 16.4. The van der Waals surface area contributed by atoms with Gasteiger partial charge >= 0.3 is 0 Å². The van der Waals surface area contributed by atoms with E-state index in [0.29, 0.717) is 5.41 Å². The van der Waals surface area contributed by atoms with E-state index in [1.807, 2.05) is 4.68 Å². The van der Waals surface area contributed by atoms with E-state index in [-0.39, 0.29) is 0 Å². The van der Waals surface area contributed by atoms with E-state index < -0.39 is 0 Å². The van der Waals surface area contributed by atoms with Crippen LogP contribution in [0.5, 0.6) is 0 Å². The summed E-state index contributed by atoms with van der Waals surface area (Å²) in [4.78, 5) is 3.91. The third-order valence-electron chi connectivity index (χ3n) is 6.14. The van der Waals surface area contributed by atoms with Crippen molar-refractivity contribution in [1.82, 2.24) is 20.0 Å². The van der Waals surface area contributed by atoms with Crippen LogP contribution in [0.1, 0.15) is 24.8 Å². The second kappa shape index (κ2) is 7.23. The Bertz CT molecular complexity index is 878. The van der Waals surface area contributed by atoms with Gasteiger partial charge in [0.2, 0.25) is 0 Å². The van der Waals surface area contributed by atoms with Gasteiger partial charge in [0.05, 0.1) is 10.6 Å². The molecule has 3 aromatic rings. The summed E-state index contributed by atoms with van der Waals surface area (Å²) >= 11 is 1.78. The topological polar surface area (TPSA) is 33.1 Å². The molecular formula is C22H26N4S. The number of rotatable bonds is 4. The Balaban J connectivity index is 1.42. The Morgan fingerprint density at radius 3 is 2.67 bits per heavy atom. The van der Waals surface area contributed by atoms with Crippen LogP contribution < -0.4 is 5.32 Å². The SMILES string of the molecule is c1ccc(-n2cc(CN3CCC4(CCNCC4)C3)c(-c3cccs3)n2)cc1. The van der Waals surface area contributed by atoms with Gasteiger partial charge in [0, 0.05) is 24.8 Å². The van der Waals surface area contributed by atoms with Crippen LogP contribution in [0.2, 0.25) is 0 Å². The lowest BCUT2D eigenvalue weighted by Gasteiger charge is -2.33. The fraction of sp³-hybridized carbons (Fsp3) is 0.409. The molecule has 1 N–H and O–H groups in total. The molecule has 27 heavy (non-hydrogen) atoms. The standard InChI is InChI=1S/C22H26N4S/c1-2-5-19(6-3-1)26-16-18(21(24-26)20-7-4-14-27-20)15-25-13-10-22(17-25)8-11-23-12-9-22/h1-7,14,16,23H,8-13,15,17H2. The first-order valence-corrected chi connectivity index (χ1v) is 10.8. The van der Waals surface area contributed by atoms with Gasteiger partial charge in [0.1, 0.15) is 5.69 Å². The minimum absolute atomic E-state index is 0.545. The first kappa shape index (κ1) is 17.2. The largest absolute Gasteiger partial charge is 0.317 e. The smallest absolute Gasteiger partial charge is 0.107 e. The highest BCUT2D eigenvalue weighted by Crippen LogP contribution is 2.39. The Hall–Kier alpha value is -1.95. The Labute approximate surface area is 164 Å². The summed E-state index contributed by atoms with van der Waals surface area (Å²) in [6, 6.07) is 14.7. The summed E-state index contributed by atoms with van der Waals surface area (Å²) in [5, 5.41) is 10.6. The van der Waals surface area contributed by atoms with Gasteiger partial charge in [-0.3, -0.25) is 4.90 Å². The van der Waals surface area contributed by atoms with Crippen molar-refractivity contribution in [2.24, 2.45) is 5.41 Å². The first-order valence-electron chi connectivity index (χ1n) is 9.92. The van der Waals surface area contributed by atoms with Crippen LogP contribution in [0, 0.1) is 5.41 Å². The molecule has 4 heterocycles. The van der Waals surface area contributed by atoms with E-state index >= 15 is 0 Å². The third kappa shape index (κ3) is 3.47. The van der Waals surface area contributed by atoms with Crippen LogP contribution in [-0.2, 0) is 6.54 Å². The van der Waals surface area contributed by atoms with Gasteiger partial charge in [-0.1, -0.05) is 24.3 Å². The molecule has 140 valence electrons. The lowest BCUT2D eigenvalue weighted by atomic mass is 9.78. The number of para-hydroxylation sites is 1. The maximum atomic E-state index is 4.96. The van der Waals surface area contributed by atoms with E-state index in [1.54, 1.807) is 11.3 Å². The number of benzene rings is 1. The zero-order chi connectivity index (χ0) is 18.1. The van der Waals surface area contributed by atoms with Gasteiger partial charge in [-0.25, -0.2) is 4.68 Å². The molecule has 0 radical (unpaired) electrons. The molecule has 5 heteroatoms. The number of nitrogens with zero attached hydrogens (tertiary/aromatic N) is 3. The van der Waals surface area contributed by atoms with E-state index in [9.17, 15) is 0 Å². The van der Waals surface area contributed by atoms with Crippen molar-refractivity contribution >= 4 is 11.3 Å². The van der Waals surface area contributed by atoms with Gasteiger partial charge in [0.15, 0.2) is 0 Å².